The van der Waals surface area contributed by atoms with Crippen molar-refractivity contribution >= 4 is 41.9 Å². The fourth-order valence-corrected chi connectivity index (χ4v) is 8.62. The van der Waals surface area contributed by atoms with Gasteiger partial charge in [-0.1, -0.05) is 36.3 Å². The van der Waals surface area contributed by atoms with Crippen LogP contribution in [0.15, 0.2) is 0 Å². The summed E-state index contributed by atoms with van der Waals surface area (Å²) in [5.74, 6) is 0. The van der Waals surface area contributed by atoms with E-state index in [4.69, 9.17) is 4.12 Å². The van der Waals surface area contributed by atoms with Crippen molar-refractivity contribution in [3.05, 3.63) is 0 Å². The molecule has 0 rings (SSSR count). The van der Waals surface area contributed by atoms with Gasteiger partial charge in [-0.15, -0.1) is 0 Å². The summed E-state index contributed by atoms with van der Waals surface area (Å²) in [6.45, 7) is 8.19. The Morgan fingerprint density at radius 1 is 0.846 bits per heavy atom. The predicted molar refractivity (Wildman–Crippen MR) is 69.6 cm³/mol. The topological polar surface area (TPSA) is 9.23 Å². The average molecular weight is 247 g/mol. The van der Waals surface area contributed by atoms with Gasteiger partial charge >= 0.3 is 0 Å². The van der Waals surface area contributed by atoms with E-state index in [0.717, 1.165) is 0 Å². The first-order chi connectivity index (χ1) is 5.83. The number of hydrogen-bond donors (Lipinski definition) is 2. The maximum Gasteiger partial charge on any atom is 0.257 e. The normalized spacial score (nSPS) is 10.9. The summed E-state index contributed by atoms with van der Waals surface area (Å²) in [6.07, 6.45) is 0. The van der Waals surface area contributed by atoms with E-state index in [2.05, 4.69) is 46.8 Å². The lowest BCUT2D eigenvalue weighted by Crippen LogP contribution is -2.43. The monoisotopic (exact) mass is 246 g/mol. The molecule has 0 saturated heterocycles. The van der Waals surface area contributed by atoms with E-state index in [1.165, 1.54) is 0 Å². The summed E-state index contributed by atoms with van der Waals surface area (Å²) in [7, 11) is -3.78. The van der Waals surface area contributed by atoms with Crippen molar-refractivity contribution in [1.82, 2.24) is 0 Å². The van der Waals surface area contributed by atoms with Crippen LogP contribution in [-0.2, 0) is 4.12 Å². The average Bonchev–Trinajstić information content (AvgIpc) is 1.82. The second-order valence-electron chi connectivity index (χ2n) is 3.60. The number of thiol groups is 2. The standard InChI is InChI=1S/C8H14OS2Si2/c1-12(2,7-5-10)9-13(3,4)8-6-11/h10-11H,1-4H3. The minimum Gasteiger partial charge on any atom is -0.437 e. The lowest BCUT2D eigenvalue weighted by Gasteiger charge is -2.25. The molecule has 13 heavy (non-hydrogen) atoms. The minimum atomic E-state index is -1.89. The molecule has 72 valence electrons. The third kappa shape index (κ3) is 6.31. The van der Waals surface area contributed by atoms with Gasteiger partial charge in [0.1, 0.15) is 0 Å². The molecule has 0 aliphatic carbocycles. The van der Waals surface area contributed by atoms with Crippen LogP contribution in [0, 0.1) is 21.6 Å². The van der Waals surface area contributed by atoms with Gasteiger partial charge in [0.15, 0.2) is 0 Å². The first kappa shape index (κ1) is 13.2. The molecule has 0 N–H and O–H groups in total. The van der Waals surface area contributed by atoms with E-state index in [1.807, 2.05) is 26.2 Å². The number of rotatable bonds is 2. The van der Waals surface area contributed by atoms with E-state index in [-0.39, 0.29) is 0 Å². The first-order valence-corrected chi connectivity index (χ1v) is 10.6. The van der Waals surface area contributed by atoms with Crippen LogP contribution in [0.1, 0.15) is 0 Å². The van der Waals surface area contributed by atoms with Gasteiger partial charge in [-0.2, -0.15) is 0 Å². The number of hydrogen-bond acceptors (Lipinski definition) is 3. The van der Waals surface area contributed by atoms with Crippen molar-refractivity contribution in [3.8, 4) is 21.6 Å². The predicted octanol–water partition coefficient (Wildman–Crippen LogP) is 2.27. The van der Waals surface area contributed by atoms with E-state index < -0.39 is 16.6 Å². The summed E-state index contributed by atoms with van der Waals surface area (Å²) < 4.78 is 5.94. The van der Waals surface area contributed by atoms with Gasteiger partial charge in [0.05, 0.1) is 0 Å². The molecule has 0 aromatic rings. The fourth-order valence-electron chi connectivity index (χ4n) is 0.958. The van der Waals surface area contributed by atoms with E-state index >= 15 is 0 Å². The Balaban J connectivity index is 4.54. The molecular formula is C8H14OS2Si2. The summed E-state index contributed by atoms with van der Waals surface area (Å²) in [4.78, 5) is 0. The zero-order valence-electron chi connectivity index (χ0n) is 8.30. The highest BCUT2D eigenvalue weighted by atomic mass is 32.1. The van der Waals surface area contributed by atoms with Gasteiger partial charge in [-0.25, -0.2) is 0 Å². The molecule has 0 aromatic heterocycles. The quantitative estimate of drug-likeness (QED) is 0.432. The Morgan fingerprint density at radius 3 is 1.38 bits per heavy atom. The van der Waals surface area contributed by atoms with Crippen LogP contribution in [0.25, 0.3) is 0 Å². The van der Waals surface area contributed by atoms with E-state index in [0.29, 0.717) is 0 Å². The Morgan fingerprint density at radius 2 is 1.15 bits per heavy atom. The smallest absolute Gasteiger partial charge is 0.257 e. The van der Waals surface area contributed by atoms with Gasteiger partial charge in [-0.05, 0) is 36.7 Å². The van der Waals surface area contributed by atoms with Crippen molar-refractivity contribution in [1.29, 1.82) is 0 Å². The van der Waals surface area contributed by atoms with Crippen molar-refractivity contribution in [2.24, 2.45) is 0 Å². The molecule has 0 bridgehead atoms. The molecule has 0 atom stereocenters. The van der Waals surface area contributed by atoms with E-state index in [9.17, 15) is 0 Å². The van der Waals surface area contributed by atoms with Crippen molar-refractivity contribution in [3.63, 3.8) is 0 Å². The molecule has 0 radical (unpaired) electrons. The maximum absolute atomic E-state index is 5.94. The first-order valence-electron chi connectivity index (χ1n) is 3.86. The van der Waals surface area contributed by atoms with E-state index in [1.54, 1.807) is 0 Å². The highest BCUT2D eigenvalue weighted by Crippen LogP contribution is 2.12. The van der Waals surface area contributed by atoms with Crippen LogP contribution < -0.4 is 0 Å². The Kier molecular flexibility index (Phi) is 5.27. The largest absolute Gasteiger partial charge is 0.437 e. The van der Waals surface area contributed by atoms with Gasteiger partial charge < -0.3 is 4.12 Å². The van der Waals surface area contributed by atoms with Crippen molar-refractivity contribution in [2.45, 2.75) is 26.2 Å². The minimum absolute atomic E-state index is 1.89. The Bertz CT molecular complexity index is 261. The summed E-state index contributed by atoms with van der Waals surface area (Å²) in [5, 5.41) is 5.22. The van der Waals surface area contributed by atoms with Crippen LogP contribution >= 0.6 is 25.3 Å². The van der Waals surface area contributed by atoms with Crippen LogP contribution in [-0.4, -0.2) is 16.6 Å². The second kappa shape index (κ2) is 5.18. The van der Waals surface area contributed by atoms with Crippen molar-refractivity contribution in [2.75, 3.05) is 0 Å². The molecule has 0 spiro atoms. The van der Waals surface area contributed by atoms with Gasteiger partial charge in [-0.3, -0.25) is 0 Å². The highest BCUT2D eigenvalue weighted by molar-refractivity contribution is 7.85. The van der Waals surface area contributed by atoms with Crippen LogP contribution in [0.2, 0.25) is 26.2 Å². The van der Waals surface area contributed by atoms with Gasteiger partial charge in [0.25, 0.3) is 16.6 Å². The van der Waals surface area contributed by atoms with Crippen LogP contribution in [0.3, 0.4) is 0 Å². The van der Waals surface area contributed by atoms with Crippen LogP contribution in [0.4, 0.5) is 0 Å². The molecule has 1 nitrogen and oxygen atoms in total. The third-order valence-electron chi connectivity index (χ3n) is 1.22. The van der Waals surface area contributed by atoms with Crippen LogP contribution in [0.5, 0.6) is 0 Å². The highest BCUT2D eigenvalue weighted by Gasteiger charge is 2.30. The Hall–Kier alpha value is 0.214. The molecule has 0 fully saturated rings. The molecule has 5 heteroatoms. The summed E-state index contributed by atoms with van der Waals surface area (Å²) in [5.41, 5.74) is 6.02. The van der Waals surface area contributed by atoms with Crippen molar-refractivity contribution < 1.29 is 4.12 Å². The molecule has 0 amide bonds. The zero-order valence-corrected chi connectivity index (χ0v) is 12.1. The lowest BCUT2D eigenvalue weighted by atomic mass is 11.4. The maximum atomic E-state index is 5.94. The summed E-state index contributed by atoms with van der Waals surface area (Å²) in [6, 6.07) is 0. The molecule has 0 heterocycles. The molecule has 0 saturated carbocycles. The second-order valence-corrected chi connectivity index (χ2v) is 11.4. The molecular weight excluding hydrogens is 232 g/mol. The molecule has 0 aliphatic heterocycles. The lowest BCUT2D eigenvalue weighted by molar-refractivity contribution is 0.576. The van der Waals surface area contributed by atoms with Gasteiger partial charge in [0.2, 0.25) is 0 Å². The zero-order chi connectivity index (χ0) is 10.5. The fraction of sp³-hybridized carbons (Fsp3) is 0.500. The van der Waals surface area contributed by atoms with Gasteiger partial charge in [0, 0.05) is 0 Å². The molecule has 0 aliphatic rings. The third-order valence-corrected chi connectivity index (χ3v) is 7.41. The Labute approximate surface area is 93.7 Å². The molecule has 0 aromatic carbocycles. The molecule has 0 unspecified atom stereocenters. The SMILES string of the molecule is C[Si](C)(C#CS)O[Si](C)(C)C#CS. The summed E-state index contributed by atoms with van der Waals surface area (Å²) >= 11 is 7.75.